The molecular weight excluding hydrogens is 306 g/mol. The molecule has 3 rings (SSSR count). The Balaban J connectivity index is 2.16. The summed E-state index contributed by atoms with van der Waals surface area (Å²) >= 11 is 6.35. The molecule has 22 heavy (non-hydrogen) atoms. The molecule has 0 aliphatic carbocycles. The van der Waals surface area contributed by atoms with Gasteiger partial charge in [-0.15, -0.1) is 0 Å². The molecule has 0 saturated carbocycles. The number of hydrogen-bond acceptors (Lipinski definition) is 5. The lowest BCUT2D eigenvalue weighted by molar-refractivity contribution is 0.0659. The lowest BCUT2D eigenvalue weighted by Gasteiger charge is -2.29. The van der Waals surface area contributed by atoms with Crippen LogP contribution in [0.4, 0.5) is 0 Å². The van der Waals surface area contributed by atoms with Crippen molar-refractivity contribution in [3.8, 4) is 5.75 Å². The van der Waals surface area contributed by atoms with Gasteiger partial charge in [-0.2, -0.15) is 0 Å². The first kappa shape index (κ1) is 15.3. The number of nitrogens with zero attached hydrogens (tertiary/aromatic N) is 1. The molecule has 1 aromatic carbocycles. The number of fused-ring (bicyclic) bond motifs is 3. The van der Waals surface area contributed by atoms with E-state index in [-0.39, 0.29) is 5.63 Å². The van der Waals surface area contributed by atoms with Crippen LogP contribution in [0, 0.1) is 13.8 Å². The van der Waals surface area contributed by atoms with Gasteiger partial charge in [0.05, 0.1) is 17.2 Å². The zero-order valence-electron chi connectivity index (χ0n) is 12.9. The number of methoxy groups -OCH3 is 1. The van der Waals surface area contributed by atoms with Crippen molar-refractivity contribution in [2.45, 2.75) is 20.4 Å². The number of halogens is 1. The van der Waals surface area contributed by atoms with Crippen molar-refractivity contribution in [1.29, 1.82) is 0 Å². The molecule has 1 aromatic heterocycles. The normalized spacial score (nSPS) is 14.9. The summed E-state index contributed by atoms with van der Waals surface area (Å²) in [5.41, 5.74) is 2.57. The van der Waals surface area contributed by atoms with E-state index in [1.807, 2.05) is 13.0 Å². The van der Waals surface area contributed by atoms with Gasteiger partial charge >= 0.3 is 5.63 Å². The maximum atomic E-state index is 12.0. The fraction of sp³-hybridized carbons (Fsp3) is 0.438. The summed E-state index contributed by atoms with van der Waals surface area (Å²) in [5.74, 6) is 0.606. The summed E-state index contributed by atoms with van der Waals surface area (Å²) in [6.45, 7) is 6.06. The molecule has 0 N–H and O–H groups in total. The third-order valence-electron chi connectivity index (χ3n) is 4.13. The number of benzene rings is 1. The molecule has 2 heterocycles. The molecule has 0 bridgehead atoms. The quantitative estimate of drug-likeness (QED) is 0.813. The number of rotatable bonds is 3. The average molecular weight is 324 g/mol. The Hall–Kier alpha value is -1.56. The molecule has 0 saturated heterocycles. The van der Waals surface area contributed by atoms with Gasteiger partial charge in [0.15, 0.2) is 0 Å². The lowest BCUT2D eigenvalue weighted by Crippen LogP contribution is -2.34. The van der Waals surface area contributed by atoms with Crippen molar-refractivity contribution in [2.75, 3.05) is 27.0 Å². The van der Waals surface area contributed by atoms with E-state index in [4.69, 9.17) is 25.5 Å². The first-order valence-electron chi connectivity index (χ1n) is 7.12. The Kier molecular flexibility index (Phi) is 4.12. The van der Waals surface area contributed by atoms with Gasteiger partial charge in [-0.1, -0.05) is 11.6 Å². The monoisotopic (exact) mass is 323 g/mol. The standard InChI is InChI=1S/C16H18ClNO4/c1-9-10(2)16(19)22-14-11(9)6-13(17)15-12(14)7-18(8-21-15)4-5-20-3/h6H,4-5,7-8H2,1-3H3. The van der Waals surface area contributed by atoms with E-state index in [2.05, 4.69) is 4.90 Å². The summed E-state index contributed by atoms with van der Waals surface area (Å²) in [5, 5.41) is 1.41. The van der Waals surface area contributed by atoms with Gasteiger partial charge in [-0.3, -0.25) is 4.90 Å². The first-order chi connectivity index (χ1) is 10.5. The van der Waals surface area contributed by atoms with Crippen molar-refractivity contribution >= 4 is 22.6 Å². The van der Waals surface area contributed by atoms with E-state index in [0.717, 1.165) is 23.1 Å². The maximum Gasteiger partial charge on any atom is 0.339 e. The highest BCUT2D eigenvalue weighted by Gasteiger charge is 2.25. The predicted molar refractivity (Wildman–Crippen MR) is 84.7 cm³/mol. The van der Waals surface area contributed by atoms with Crippen LogP contribution in [0.25, 0.3) is 11.0 Å². The van der Waals surface area contributed by atoms with Gasteiger partial charge in [0, 0.05) is 31.1 Å². The second kappa shape index (κ2) is 5.91. The highest BCUT2D eigenvalue weighted by Crippen LogP contribution is 2.39. The largest absolute Gasteiger partial charge is 0.476 e. The Morgan fingerprint density at radius 1 is 1.36 bits per heavy atom. The number of ether oxygens (including phenoxy) is 2. The van der Waals surface area contributed by atoms with E-state index in [9.17, 15) is 4.79 Å². The van der Waals surface area contributed by atoms with E-state index >= 15 is 0 Å². The molecule has 118 valence electrons. The van der Waals surface area contributed by atoms with Gasteiger partial charge in [0.25, 0.3) is 0 Å². The SMILES string of the molecule is COCCN1COc2c(Cl)cc3c(C)c(C)c(=O)oc3c2C1. The van der Waals surface area contributed by atoms with Gasteiger partial charge in [-0.25, -0.2) is 4.79 Å². The van der Waals surface area contributed by atoms with E-state index in [0.29, 0.717) is 41.8 Å². The first-order valence-corrected chi connectivity index (χ1v) is 7.50. The number of aryl methyl sites for hydroxylation is 1. The van der Waals surface area contributed by atoms with Crippen molar-refractivity contribution in [2.24, 2.45) is 0 Å². The van der Waals surface area contributed by atoms with Crippen LogP contribution in [-0.2, 0) is 11.3 Å². The third kappa shape index (κ3) is 2.49. The predicted octanol–water partition coefficient (Wildman–Crippen LogP) is 2.86. The van der Waals surface area contributed by atoms with Crippen LogP contribution in [0.3, 0.4) is 0 Å². The molecule has 1 aliphatic rings. The molecule has 5 nitrogen and oxygen atoms in total. The topological polar surface area (TPSA) is 51.9 Å². The van der Waals surface area contributed by atoms with Gasteiger partial charge in [0.1, 0.15) is 18.1 Å². The number of hydrogen-bond donors (Lipinski definition) is 0. The fourth-order valence-electron chi connectivity index (χ4n) is 2.68. The molecular formula is C16H18ClNO4. The molecule has 2 aromatic rings. The molecule has 0 fully saturated rings. The summed E-state index contributed by atoms with van der Waals surface area (Å²) in [4.78, 5) is 14.1. The minimum atomic E-state index is -0.316. The Morgan fingerprint density at radius 2 is 2.14 bits per heavy atom. The van der Waals surface area contributed by atoms with Crippen LogP contribution in [-0.4, -0.2) is 31.9 Å². The van der Waals surface area contributed by atoms with E-state index < -0.39 is 0 Å². The third-order valence-corrected chi connectivity index (χ3v) is 4.41. The minimum Gasteiger partial charge on any atom is -0.476 e. The molecule has 0 atom stereocenters. The van der Waals surface area contributed by atoms with Crippen LogP contribution in [0.5, 0.6) is 5.75 Å². The van der Waals surface area contributed by atoms with Crippen LogP contribution in [0.2, 0.25) is 5.02 Å². The second-order valence-corrected chi connectivity index (χ2v) is 5.91. The second-order valence-electron chi connectivity index (χ2n) is 5.50. The molecule has 0 radical (unpaired) electrons. The van der Waals surface area contributed by atoms with E-state index in [1.54, 1.807) is 14.0 Å². The van der Waals surface area contributed by atoms with Crippen LogP contribution in [0.1, 0.15) is 16.7 Å². The van der Waals surface area contributed by atoms with Crippen molar-refractivity contribution in [3.63, 3.8) is 0 Å². The molecule has 1 aliphatic heterocycles. The van der Waals surface area contributed by atoms with Gasteiger partial charge < -0.3 is 13.9 Å². The minimum absolute atomic E-state index is 0.316. The maximum absolute atomic E-state index is 12.0. The van der Waals surface area contributed by atoms with Crippen molar-refractivity contribution < 1.29 is 13.9 Å². The van der Waals surface area contributed by atoms with Gasteiger partial charge in [0.2, 0.25) is 0 Å². The lowest BCUT2D eigenvalue weighted by atomic mass is 10.0. The van der Waals surface area contributed by atoms with Crippen LogP contribution >= 0.6 is 11.6 Å². The van der Waals surface area contributed by atoms with Crippen LogP contribution < -0.4 is 10.4 Å². The summed E-state index contributed by atoms with van der Waals surface area (Å²) in [6.07, 6.45) is 0. The zero-order valence-corrected chi connectivity index (χ0v) is 13.6. The summed E-state index contributed by atoms with van der Waals surface area (Å²) in [6, 6.07) is 1.81. The Bertz CT molecular complexity index is 784. The van der Waals surface area contributed by atoms with E-state index in [1.165, 1.54) is 0 Å². The van der Waals surface area contributed by atoms with Crippen molar-refractivity contribution in [1.82, 2.24) is 4.90 Å². The summed E-state index contributed by atoms with van der Waals surface area (Å²) in [7, 11) is 1.66. The molecule has 0 unspecified atom stereocenters. The zero-order chi connectivity index (χ0) is 15.9. The van der Waals surface area contributed by atoms with Crippen molar-refractivity contribution in [3.05, 3.63) is 38.2 Å². The summed E-state index contributed by atoms with van der Waals surface area (Å²) < 4.78 is 16.4. The smallest absolute Gasteiger partial charge is 0.339 e. The Labute approximate surface area is 133 Å². The average Bonchev–Trinajstić information content (AvgIpc) is 2.52. The highest BCUT2D eigenvalue weighted by atomic mass is 35.5. The Morgan fingerprint density at radius 3 is 2.86 bits per heavy atom. The molecule has 0 spiro atoms. The highest BCUT2D eigenvalue weighted by molar-refractivity contribution is 6.33. The molecule has 6 heteroatoms. The van der Waals surface area contributed by atoms with Crippen LogP contribution in [0.15, 0.2) is 15.3 Å². The van der Waals surface area contributed by atoms with Gasteiger partial charge in [-0.05, 0) is 25.5 Å². The fourth-order valence-corrected chi connectivity index (χ4v) is 2.95. The molecule has 0 amide bonds.